The summed E-state index contributed by atoms with van der Waals surface area (Å²) in [4.78, 5) is 24.1. The molecule has 20 heavy (non-hydrogen) atoms. The molecule has 1 N–H and O–H groups in total. The van der Waals surface area contributed by atoms with Gasteiger partial charge in [-0.15, -0.1) is 0 Å². The quantitative estimate of drug-likeness (QED) is 0.452. The Morgan fingerprint density at radius 1 is 1.55 bits per heavy atom. The maximum Gasteiger partial charge on any atom is 0.363 e. The van der Waals surface area contributed by atoms with Crippen molar-refractivity contribution in [3.8, 4) is 0 Å². The number of rotatable bonds is 6. The topological polar surface area (TPSA) is 128 Å². The third-order valence-corrected chi connectivity index (χ3v) is 3.72. The van der Waals surface area contributed by atoms with Gasteiger partial charge in [0.15, 0.2) is 6.20 Å². The Morgan fingerprint density at radius 2 is 2.20 bits per heavy atom. The van der Waals surface area contributed by atoms with Gasteiger partial charge < -0.3 is 14.9 Å². The number of nitrogens with zero attached hydrogens (tertiary/aromatic N) is 2. The van der Waals surface area contributed by atoms with Gasteiger partial charge in [0.25, 0.3) is 0 Å². The largest absolute Gasteiger partial charge is 0.465 e. The lowest BCUT2D eigenvalue weighted by atomic mass is 10.4. The van der Waals surface area contributed by atoms with Gasteiger partial charge in [-0.3, -0.25) is 4.79 Å². The fourth-order valence-electron chi connectivity index (χ4n) is 1.26. The molecule has 1 atom stereocenters. The molecule has 1 aromatic heterocycles. The van der Waals surface area contributed by atoms with Crippen LogP contribution in [0.15, 0.2) is 23.2 Å². The van der Waals surface area contributed by atoms with Crippen molar-refractivity contribution >= 4 is 21.8 Å². The summed E-state index contributed by atoms with van der Waals surface area (Å²) in [5, 5.41) is 10.4. The lowest BCUT2D eigenvalue weighted by Crippen LogP contribution is -2.39. The van der Waals surface area contributed by atoms with E-state index in [1.807, 2.05) is 0 Å². The molecule has 0 aromatic carbocycles. The van der Waals surface area contributed by atoms with Crippen LogP contribution >= 0.6 is 0 Å². The molecule has 1 unspecified atom stereocenters. The third-order valence-electron chi connectivity index (χ3n) is 2.19. The second kappa shape index (κ2) is 6.39. The first-order valence-corrected chi connectivity index (χ1v) is 7.05. The number of carbonyl (C=O) groups is 1. The van der Waals surface area contributed by atoms with E-state index in [0.29, 0.717) is 0 Å². The summed E-state index contributed by atoms with van der Waals surface area (Å²) in [7, 11) is -4.00. The molecule has 0 aliphatic rings. The van der Waals surface area contributed by atoms with Crippen LogP contribution in [0.4, 0.5) is 5.82 Å². The maximum absolute atomic E-state index is 11.9. The van der Waals surface area contributed by atoms with Crippen molar-refractivity contribution in [3.05, 3.63) is 28.4 Å². The van der Waals surface area contributed by atoms with Gasteiger partial charge in [0.05, 0.1) is 6.61 Å². The van der Waals surface area contributed by atoms with Crippen molar-refractivity contribution in [2.24, 2.45) is 0 Å². The number of sulfonamides is 1. The van der Waals surface area contributed by atoms with E-state index >= 15 is 0 Å². The number of ether oxygens (including phenoxy) is 1. The molecule has 1 heterocycles. The molecule has 9 nitrogen and oxygen atoms in total. The number of nitrogens with one attached hydrogen (secondary N) is 1. The number of aromatic nitrogens is 1. The van der Waals surface area contributed by atoms with E-state index in [4.69, 9.17) is 0 Å². The highest BCUT2D eigenvalue weighted by Gasteiger charge is 2.24. The Morgan fingerprint density at radius 3 is 2.65 bits per heavy atom. The molecular formula is C10H13N3O6S. The standard InChI is InChI=1S/C10H13N3O6S/c1-3-19-10(14)7(2)12-20(17,18)8-4-5-9(11-6-8)13(15)16/h4-7,12H,3H2,1-2H3. The zero-order valence-electron chi connectivity index (χ0n) is 10.8. The van der Waals surface area contributed by atoms with Gasteiger partial charge >= 0.3 is 11.8 Å². The van der Waals surface area contributed by atoms with Crippen LogP contribution in [0.5, 0.6) is 0 Å². The van der Waals surface area contributed by atoms with Crippen LogP contribution in [0, 0.1) is 10.1 Å². The van der Waals surface area contributed by atoms with Crippen molar-refractivity contribution in [3.63, 3.8) is 0 Å². The van der Waals surface area contributed by atoms with E-state index in [9.17, 15) is 23.3 Å². The molecule has 0 aliphatic heterocycles. The molecule has 0 aliphatic carbocycles. The van der Waals surface area contributed by atoms with Crippen molar-refractivity contribution in [1.82, 2.24) is 9.71 Å². The summed E-state index contributed by atoms with van der Waals surface area (Å²) in [5.41, 5.74) is 0. The molecule has 110 valence electrons. The second-order valence-electron chi connectivity index (χ2n) is 3.70. The van der Waals surface area contributed by atoms with E-state index in [2.05, 4.69) is 14.4 Å². The first-order valence-electron chi connectivity index (χ1n) is 5.57. The molecule has 0 saturated heterocycles. The van der Waals surface area contributed by atoms with E-state index in [0.717, 1.165) is 18.3 Å². The molecule has 0 bridgehead atoms. The van der Waals surface area contributed by atoms with Crippen LogP contribution in [0.25, 0.3) is 0 Å². The van der Waals surface area contributed by atoms with Gasteiger partial charge in [-0.05, 0) is 29.8 Å². The molecule has 1 rings (SSSR count). The summed E-state index contributed by atoms with van der Waals surface area (Å²) in [5.74, 6) is -1.19. The zero-order valence-corrected chi connectivity index (χ0v) is 11.6. The summed E-state index contributed by atoms with van der Waals surface area (Å²) < 4.78 is 30.6. The summed E-state index contributed by atoms with van der Waals surface area (Å²) in [6.07, 6.45) is 0.846. The minimum absolute atomic E-state index is 0.129. The van der Waals surface area contributed by atoms with Crippen LogP contribution < -0.4 is 4.72 Å². The monoisotopic (exact) mass is 303 g/mol. The number of hydrogen-bond acceptors (Lipinski definition) is 7. The molecule has 10 heteroatoms. The van der Waals surface area contributed by atoms with Crippen LogP contribution in [0.3, 0.4) is 0 Å². The number of pyridine rings is 1. The van der Waals surface area contributed by atoms with Crippen molar-refractivity contribution in [1.29, 1.82) is 0 Å². The minimum atomic E-state index is -4.00. The Hall–Kier alpha value is -2.07. The summed E-state index contributed by atoms with van der Waals surface area (Å²) in [6, 6.07) is 0.921. The second-order valence-corrected chi connectivity index (χ2v) is 5.42. The molecule has 1 aromatic rings. The van der Waals surface area contributed by atoms with Gasteiger partial charge in [-0.25, -0.2) is 8.42 Å². The number of carbonyl (C=O) groups excluding carboxylic acids is 1. The number of nitro groups is 1. The van der Waals surface area contributed by atoms with Crippen molar-refractivity contribution in [2.45, 2.75) is 24.8 Å². The zero-order chi connectivity index (χ0) is 15.3. The van der Waals surface area contributed by atoms with E-state index < -0.39 is 32.8 Å². The van der Waals surface area contributed by atoms with Gasteiger partial charge in [0, 0.05) is 6.07 Å². The molecular weight excluding hydrogens is 290 g/mol. The van der Waals surface area contributed by atoms with Crippen molar-refractivity contribution < 1.29 is 22.9 Å². The SMILES string of the molecule is CCOC(=O)C(C)NS(=O)(=O)c1ccc([N+](=O)[O-])nc1. The molecule has 0 radical (unpaired) electrons. The number of hydrogen-bond donors (Lipinski definition) is 1. The average Bonchev–Trinajstić information content (AvgIpc) is 2.38. The average molecular weight is 303 g/mol. The normalized spacial score (nSPS) is 12.7. The Kier molecular flexibility index (Phi) is 5.11. The summed E-state index contributed by atoms with van der Waals surface area (Å²) >= 11 is 0. The van der Waals surface area contributed by atoms with Crippen LogP contribution in [-0.4, -0.2) is 36.9 Å². The highest BCUT2D eigenvalue weighted by atomic mass is 32.2. The Balaban J connectivity index is 2.88. The van der Waals surface area contributed by atoms with E-state index in [-0.39, 0.29) is 11.5 Å². The highest BCUT2D eigenvalue weighted by Crippen LogP contribution is 2.12. The fraction of sp³-hybridized carbons (Fsp3) is 0.400. The van der Waals surface area contributed by atoms with Gasteiger partial charge in [0.1, 0.15) is 10.9 Å². The lowest BCUT2D eigenvalue weighted by molar-refractivity contribution is -0.389. The number of esters is 1. The highest BCUT2D eigenvalue weighted by molar-refractivity contribution is 7.89. The van der Waals surface area contributed by atoms with Crippen LogP contribution in [-0.2, 0) is 19.6 Å². The van der Waals surface area contributed by atoms with Crippen LogP contribution in [0.1, 0.15) is 13.8 Å². The molecule has 0 saturated carbocycles. The minimum Gasteiger partial charge on any atom is -0.465 e. The van der Waals surface area contributed by atoms with Crippen molar-refractivity contribution in [2.75, 3.05) is 6.61 Å². The van der Waals surface area contributed by atoms with E-state index in [1.54, 1.807) is 6.92 Å². The fourth-order valence-corrected chi connectivity index (χ4v) is 2.39. The third kappa shape index (κ3) is 3.96. The maximum atomic E-state index is 11.9. The Bertz CT molecular complexity index is 598. The molecule has 0 amide bonds. The molecule has 0 spiro atoms. The van der Waals surface area contributed by atoms with E-state index in [1.165, 1.54) is 6.92 Å². The first kappa shape index (κ1) is 16.0. The van der Waals surface area contributed by atoms with Crippen LogP contribution in [0.2, 0.25) is 0 Å². The first-order chi connectivity index (χ1) is 9.27. The van der Waals surface area contributed by atoms with Gasteiger partial charge in [-0.2, -0.15) is 4.72 Å². The Labute approximate surface area is 115 Å². The predicted octanol–water partition coefficient (Wildman–Crippen LogP) is 0.220. The predicted molar refractivity (Wildman–Crippen MR) is 67.3 cm³/mol. The molecule has 0 fully saturated rings. The lowest BCUT2D eigenvalue weighted by Gasteiger charge is -2.12. The smallest absolute Gasteiger partial charge is 0.363 e. The summed E-state index contributed by atoms with van der Waals surface area (Å²) in [6.45, 7) is 3.05. The van der Waals surface area contributed by atoms with Gasteiger partial charge in [-0.1, -0.05) is 0 Å². The van der Waals surface area contributed by atoms with Gasteiger partial charge in [0.2, 0.25) is 10.0 Å².